The van der Waals surface area contributed by atoms with Gasteiger partial charge in [-0.25, -0.2) is 12.7 Å². The van der Waals surface area contributed by atoms with Gasteiger partial charge in [0.25, 0.3) is 5.91 Å². The Morgan fingerprint density at radius 2 is 1.73 bits per heavy atom. The highest BCUT2D eigenvalue weighted by Gasteiger charge is 2.21. The van der Waals surface area contributed by atoms with Crippen molar-refractivity contribution in [2.75, 3.05) is 14.1 Å². The van der Waals surface area contributed by atoms with Crippen molar-refractivity contribution in [1.82, 2.24) is 9.62 Å². The van der Waals surface area contributed by atoms with Crippen LogP contribution in [-0.2, 0) is 16.6 Å². The van der Waals surface area contributed by atoms with Crippen molar-refractivity contribution >= 4 is 37.4 Å². The van der Waals surface area contributed by atoms with Crippen molar-refractivity contribution in [3.05, 3.63) is 64.5 Å². The van der Waals surface area contributed by atoms with E-state index in [9.17, 15) is 13.2 Å². The Labute approximate surface area is 157 Å². The van der Waals surface area contributed by atoms with Gasteiger partial charge in [-0.2, -0.15) is 0 Å². The zero-order valence-corrected chi connectivity index (χ0v) is 16.4. The monoisotopic (exact) mass is 388 g/mol. The van der Waals surface area contributed by atoms with Gasteiger partial charge in [-0.3, -0.25) is 4.79 Å². The molecular weight excluding hydrogens is 368 g/mol. The molecule has 3 aromatic rings. The molecule has 0 saturated heterocycles. The molecule has 0 bridgehead atoms. The minimum Gasteiger partial charge on any atom is -0.347 e. The van der Waals surface area contributed by atoms with Crippen LogP contribution in [0.25, 0.3) is 10.1 Å². The molecule has 136 valence electrons. The summed E-state index contributed by atoms with van der Waals surface area (Å²) in [7, 11) is -0.581. The lowest BCUT2D eigenvalue weighted by Gasteiger charge is -2.15. The Morgan fingerprint density at radius 1 is 1.08 bits per heavy atom. The average molecular weight is 389 g/mol. The third-order valence-electron chi connectivity index (χ3n) is 4.22. The molecule has 5 nitrogen and oxygen atoms in total. The summed E-state index contributed by atoms with van der Waals surface area (Å²) in [5, 5.41) is 3.92. The second-order valence-corrected chi connectivity index (χ2v) is 9.30. The molecule has 2 aromatic carbocycles. The SMILES string of the molecule is Cc1c(C(=O)NCc2ccccc2S(=O)(=O)N(C)C)sc2ccccc12. The van der Waals surface area contributed by atoms with Crippen LogP contribution in [0.15, 0.2) is 53.4 Å². The van der Waals surface area contributed by atoms with E-state index < -0.39 is 10.0 Å². The van der Waals surface area contributed by atoms with Gasteiger partial charge in [0.15, 0.2) is 0 Å². The maximum absolute atomic E-state index is 12.6. The molecule has 0 atom stereocenters. The van der Waals surface area contributed by atoms with Crippen LogP contribution < -0.4 is 5.32 Å². The van der Waals surface area contributed by atoms with E-state index in [2.05, 4.69) is 5.32 Å². The molecule has 0 unspecified atom stereocenters. The van der Waals surface area contributed by atoms with E-state index in [0.717, 1.165) is 15.6 Å². The van der Waals surface area contributed by atoms with Gasteiger partial charge in [0.1, 0.15) is 0 Å². The van der Waals surface area contributed by atoms with Crippen LogP contribution in [0.4, 0.5) is 0 Å². The fourth-order valence-electron chi connectivity index (χ4n) is 2.74. The Morgan fingerprint density at radius 3 is 2.42 bits per heavy atom. The molecule has 1 heterocycles. The zero-order chi connectivity index (χ0) is 18.9. The minimum atomic E-state index is -3.56. The maximum Gasteiger partial charge on any atom is 0.261 e. The molecule has 0 saturated carbocycles. The highest BCUT2D eigenvalue weighted by atomic mass is 32.2. The normalized spacial score (nSPS) is 11.8. The zero-order valence-electron chi connectivity index (χ0n) is 14.8. The van der Waals surface area contributed by atoms with Crippen molar-refractivity contribution in [2.45, 2.75) is 18.4 Å². The lowest BCUT2D eigenvalue weighted by molar-refractivity contribution is 0.0954. The summed E-state index contributed by atoms with van der Waals surface area (Å²) in [6, 6.07) is 14.6. The van der Waals surface area contributed by atoms with Gasteiger partial charge >= 0.3 is 0 Å². The summed E-state index contributed by atoms with van der Waals surface area (Å²) in [5.41, 5.74) is 1.51. The van der Waals surface area contributed by atoms with Crippen LogP contribution in [0.5, 0.6) is 0 Å². The molecule has 7 heteroatoms. The molecule has 0 aliphatic rings. The number of fused-ring (bicyclic) bond motifs is 1. The fraction of sp³-hybridized carbons (Fsp3) is 0.211. The summed E-state index contributed by atoms with van der Waals surface area (Å²) in [5.74, 6) is -0.194. The number of thiophene rings is 1. The molecule has 0 fully saturated rings. The number of nitrogens with zero attached hydrogens (tertiary/aromatic N) is 1. The Kier molecular flexibility index (Phi) is 5.13. The van der Waals surface area contributed by atoms with Crippen molar-refractivity contribution in [3.63, 3.8) is 0 Å². The molecule has 0 spiro atoms. The fourth-order valence-corrected chi connectivity index (χ4v) is 4.99. The number of carbonyl (C=O) groups is 1. The van der Waals surface area contributed by atoms with Gasteiger partial charge < -0.3 is 5.32 Å². The van der Waals surface area contributed by atoms with Gasteiger partial charge in [-0.15, -0.1) is 11.3 Å². The highest BCUT2D eigenvalue weighted by molar-refractivity contribution is 7.89. The first-order valence-electron chi connectivity index (χ1n) is 8.09. The number of sulfonamides is 1. The van der Waals surface area contributed by atoms with E-state index in [0.29, 0.717) is 10.4 Å². The van der Waals surface area contributed by atoms with E-state index in [1.165, 1.54) is 29.7 Å². The molecule has 1 N–H and O–H groups in total. The molecule has 1 aromatic heterocycles. The largest absolute Gasteiger partial charge is 0.347 e. The van der Waals surface area contributed by atoms with Crippen LogP contribution >= 0.6 is 11.3 Å². The van der Waals surface area contributed by atoms with Gasteiger partial charge in [0, 0.05) is 25.3 Å². The van der Waals surface area contributed by atoms with E-state index >= 15 is 0 Å². The molecule has 3 rings (SSSR count). The number of aryl methyl sites for hydroxylation is 1. The summed E-state index contributed by atoms with van der Waals surface area (Å²) in [4.78, 5) is 13.5. The average Bonchev–Trinajstić information content (AvgIpc) is 2.97. The van der Waals surface area contributed by atoms with Crippen LogP contribution in [0.3, 0.4) is 0 Å². The number of rotatable bonds is 5. The van der Waals surface area contributed by atoms with Crippen LogP contribution in [0, 0.1) is 6.92 Å². The smallest absolute Gasteiger partial charge is 0.261 e. The lowest BCUT2D eigenvalue weighted by atomic mass is 10.1. The number of hydrogen-bond donors (Lipinski definition) is 1. The van der Waals surface area contributed by atoms with Crippen molar-refractivity contribution < 1.29 is 13.2 Å². The van der Waals surface area contributed by atoms with Gasteiger partial charge in [0.05, 0.1) is 9.77 Å². The quantitative estimate of drug-likeness (QED) is 0.729. The lowest BCUT2D eigenvalue weighted by Crippen LogP contribution is -2.27. The molecule has 26 heavy (non-hydrogen) atoms. The van der Waals surface area contributed by atoms with Gasteiger partial charge in [0.2, 0.25) is 10.0 Å². The minimum absolute atomic E-state index is 0.149. The second-order valence-electron chi connectivity index (χ2n) is 6.13. The van der Waals surface area contributed by atoms with Crippen LogP contribution in [0.2, 0.25) is 0 Å². The number of amides is 1. The number of carbonyl (C=O) groups excluding carboxylic acids is 1. The van der Waals surface area contributed by atoms with Crippen molar-refractivity contribution in [1.29, 1.82) is 0 Å². The first kappa shape index (κ1) is 18.6. The van der Waals surface area contributed by atoms with Gasteiger partial charge in [-0.05, 0) is 35.6 Å². The number of benzene rings is 2. The van der Waals surface area contributed by atoms with E-state index in [1.54, 1.807) is 24.3 Å². The first-order chi connectivity index (χ1) is 12.3. The maximum atomic E-state index is 12.6. The summed E-state index contributed by atoms with van der Waals surface area (Å²) >= 11 is 1.44. The topological polar surface area (TPSA) is 66.5 Å². The predicted molar refractivity (Wildman–Crippen MR) is 105 cm³/mol. The Balaban J connectivity index is 1.85. The summed E-state index contributed by atoms with van der Waals surface area (Å²) in [6.45, 7) is 2.08. The number of nitrogens with one attached hydrogen (secondary N) is 1. The summed E-state index contributed by atoms with van der Waals surface area (Å²) in [6.07, 6.45) is 0. The molecule has 1 amide bonds. The third-order valence-corrected chi connectivity index (χ3v) is 7.41. The van der Waals surface area contributed by atoms with Crippen molar-refractivity contribution in [2.24, 2.45) is 0 Å². The number of hydrogen-bond acceptors (Lipinski definition) is 4. The van der Waals surface area contributed by atoms with E-state index in [-0.39, 0.29) is 17.3 Å². The Hall–Kier alpha value is -2.22. The molecule has 0 aliphatic heterocycles. The first-order valence-corrected chi connectivity index (χ1v) is 10.3. The molecule has 0 aliphatic carbocycles. The molecular formula is C19H20N2O3S2. The summed E-state index contributed by atoms with van der Waals surface area (Å²) < 4.78 is 27.1. The Bertz CT molecular complexity index is 1070. The van der Waals surface area contributed by atoms with Crippen LogP contribution in [0.1, 0.15) is 20.8 Å². The van der Waals surface area contributed by atoms with Crippen molar-refractivity contribution in [3.8, 4) is 0 Å². The van der Waals surface area contributed by atoms with E-state index in [4.69, 9.17) is 0 Å². The second kappa shape index (κ2) is 7.19. The standard InChI is InChI=1S/C19H20N2O3S2/c1-13-15-9-5-6-10-16(15)25-18(13)19(22)20-12-14-8-4-7-11-17(14)26(23,24)21(2)3/h4-11H,12H2,1-3H3,(H,20,22). The predicted octanol–water partition coefficient (Wildman–Crippen LogP) is 3.39. The molecule has 0 radical (unpaired) electrons. The highest BCUT2D eigenvalue weighted by Crippen LogP contribution is 2.30. The van der Waals surface area contributed by atoms with Crippen LogP contribution in [-0.4, -0.2) is 32.7 Å². The van der Waals surface area contributed by atoms with E-state index in [1.807, 2.05) is 31.2 Å². The third kappa shape index (κ3) is 3.38. The van der Waals surface area contributed by atoms with Gasteiger partial charge in [-0.1, -0.05) is 36.4 Å².